The van der Waals surface area contributed by atoms with Gasteiger partial charge in [-0.15, -0.1) is 0 Å². The maximum atomic E-state index is 12.2. The van der Waals surface area contributed by atoms with Gasteiger partial charge >= 0.3 is 0 Å². The standard InChI is InChI=1S/C16H16BrNO3S/c1-11-3-6-13(7-4-11)22(20,21)10-16(19)18-15-8-5-12(2)9-14(15)17/h3-9H,10H2,1-2H3,(H,18,19). The minimum Gasteiger partial charge on any atom is -0.324 e. The molecule has 22 heavy (non-hydrogen) atoms. The molecule has 6 heteroatoms. The summed E-state index contributed by atoms with van der Waals surface area (Å²) in [5.74, 6) is -1.15. The van der Waals surface area contributed by atoms with Crippen LogP contribution in [0.15, 0.2) is 51.8 Å². The molecule has 0 unspecified atom stereocenters. The van der Waals surface area contributed by atoms with Crippen LogP contribution < -0.4 is 5.32 Å². The molecular weight excluding hydrogens is 366 g/mol. The highest BCUT2D eigenvalue weighted by atomic mass is 79.9. The number of rotatable bonds is 4. The van der Waals surface area contributed by atoms with Crippen molar-refractivity contribution in [2.24, 2.45) is 0 Å². The number of hydrogen-bond donors (Lipinski definition) is 1. The Kier molecular flexibility index (Phi) is 5.03. The van der Waals surface area contributed by atoms with Gasteiger partial charge in [-0.2, -0.15) is 0 Å². The maximum absolute atomic E-state index is 12.2. The molecule has 0 aliphatic heterocycles. The molecule has 0 atom stereocenters. The third-order valence-corrected chi connectivity index (χ3v) is 5.39. The number of benzene rings is 2. The summed E-state index contributed by atoms with van der Waals surface area (Å²) in [7, 11) is -3.64. The Morgan fingerprint density at radius 1 is 1.05 bits per heavy atom. The van der Waals surface area contributed by atoms with E-state index in [0.717, 1.165) is 11.1 Å². The molecule has 1 N–H and O–H groups in total. The van der Waals surface area contributed by atoms with Crippen LogP contribution in [0.2, 0.25) is 0 Å². The lowest BCUT2D eigenvalue weighted by molar-refractivity contribution is -0.113. The topological polar surface area (TPSA) is 63.2 Å². The molecule has 2 aromatic rings. The van der Waals surface area contributed by atoms with Crippen molar-refractivity contribution in [3.05, 3.63) is 58.1 Å². The van der Waals surface area contributed by atoms with Crippen LogP contribution in [0.3, 0.4) is 0 Å². The van der Waals surface area contributed by atoms with Crippen LogP contribution in [-0.4, -0.2) is 20.1 Å². The molecular formula is C16H16BrNO3S. The lowest BCUT2D eigenvalue weighted by atomic mass is 10.2. The molecule has 0 aliphatic rings. The number of amides is 1. The quantitative estimate of drug-likeness (QED) is 0.881. The molecule has 0 radical (unpaired) electrons. The second-order valence-electron chi connectivity index (χ2n) is 5.10. The van der Waals surface area contributed by atoms with Crippen LogP contribution in [-0.2, 0) is 14.6 Å². The van der Waals surface area contributed by atoms with Gasteiger partial charge in [-0.25, -0.2) is 8.42 Å². The van der Waals surface area contributed by atoms with Gasteiger partial charge in [-0.1, -0.05) is 23.8 Å². The van der Waals surface area contributed by atoms with Crippen LogP contribution in [0.25, 0.3) is 0 Å². The molecule has 116 valence electrons. The Labute approximate surface area is 138 Å². The minimum atomic E-state index is -3.64. The monoisotopic (exact) mass is 381 g/mol. The zero-order valence-corrected chi connectivity index (χ0v) is 14.7. The summed E-state index contributed by atoms with van der Waals surface area (Å²) in [6, 6.07) is 11.9. The van der Waals surface area contributed by atoms with Gasteiger partial charge in [0.15, 0.2) is 9.84 Å². The fourth-order valence-electron chi connectivity index (χ4n) is 1.91. The lowest BCUT2D eigenvalue weighted by Gasteiger charge is -2.09. The predicted molar refractivity (Wildman–Crippen MR) is 90.7 cm³/mol. The zero-order valence-electron chi connectivity index (χ0n) is 12.3. The number of halogens is 1. The van der Waals surface area contributed by atoms with Crippen molar-refractivity contribution in [3.63, 3.8) is 0 Å². The van der Waals surface area contributed by atoms with Gasteiger partial charge in [-0.3, -0.25) is 4.79 Å². The first-order chi connectivity index (χ1) is 10.3. The summed E-state index contributed by atoms with van der Waals surface area (Å²) in [6.45, 7) is 3.80. The van der Waals surface area contributed by atoms with E-state index in [-0.39, 0.29) is 4.90 Å². The van der Waals surface area contributed by atoms with E-state index in [9.17, 15) is 13.2 Å². The van der Waals surface area contributed by atoms with Crippen molar-refractivity contribution in [2.75, 3.05) is 11.1 Å². The van der Waals surface area contributed by atoms with E-state index in [1.54, 1.807) is 18.2 Å². The molecule has 4 nitrogen and oxygen atoms in total. The number of carbonyl (C=O) groups is 1. The van der Waals surface area contributed by atoms with Crippen molar-refractivity contribution in [1.29, 1.82) is 0 Å². The Morgan fingerprint density at radius 2 is 1.64 bits per heavy atom. The van der Waals surface area contributed by atoms with E-state index in [1.165, 1.54) is 12.1 Å². The molecule has 2 rings (SSSR count). The normalized spacial score (nSPS) is 11.2. The fourth-order valence-corrected chi connectivity index (χ4v) is 3.64. The predicted octanol–water partition coefficient (Wildman–Crippen LogP) is 3.48. The zero-order chi connectivity index (χ0) is 16.3. The highest BCUT2D eigenvalue weighted by Gasteiger charge is 2.19. The Morgan fingerprint density at radius 3 is 2.23 bits per heavy atom. The highest BCUT2D eigenvalue weighted by Crippen LogP contribution is 2.23. The van der Waals surface area contributed by atoms with Crippen molar-refractivity contribution in [1.82, 2.24) is 0 Å². The maximum Gasteiger partial charge on any atom is 0.239 e. The molecule has 0 aromatic heterocycles. The van der Waals surface area contributed by atoms with Gasteiger partial charge in [-0.05, 0) is 59.6 Å². The van der Waals surface area contributed by atoms with Crippen molar-refractivity contribution in [2.45, 2.75) is 18.7 Å². The summed E-state index contributed by atoms with van der Waals surface area (Å²) in [4.78, 5) is 12.1. The van der Waals surface area contributed by atoms with Gasteiger partial charge in [0.1, 0.15) is 5.75 Å². The van der Waals surface area contributed by atoms with Crippen LogP contribution in [0, 0.1) is 13.8 Å². The number of sulfone groups is 1. The summed E-state index contributed by atoms with van der Waals surface area (Å²) in [6.07, 6.45) is 0. The molecule has 0 spiro atoms. The summed E-state index contributed by atoms with van der Waals surface area (Å²) < 4.78 is 25.1. The van der Waals surface area contributed by atoms with Crippen LogP contribution in [0.5, 0.6) is 0 Å². The van der Waals surface area contributed by atoms with E-state index in [4.69, 9.17) is 0 Å². The molecule has 2 aromatic carbocycles. The van der Waals surface area contributed by atoms with Crippen molar-refractivity contribution in [3.8, 4) is 0 Å². The molecule has 0 saturated carbocycles. The number of anilines is 1. The van der Waals surface area contributed by atoms with Crippen molar-refractivity contribution >= 4 is 37.4 Å². The second-order valence-corrected chi connectivity index (χ2v) is 7.95. The molecule has 0 bridgehead atoms. The van der Waals surface area contributed by atoms with Gasteiger partial charge in [0.2, 0.25) is 5.91 Å². The molecule has 0 fully saturated rings. The average Bonchev–Trinajstić information content (AvgIpc) is 2.42. The van der Waals surface area contributed by atoms with E-state index in [1.807, 2.05) is 26.0 Å². The lowest BCUT2D eigenvalue weighted by Crippen LogP contribution is -2.23. The van der Waals surface area contributed by atoms with Gasteiger partial charge in [0.25, 0.3) is 0 Å². The molecule has 0 aliphatic carbocycles. The largest absolute Gasteiger partial charge is 0.324 e. The Bertz CT molecular complexity index is 799. The summed E-state index contributed by atoms with van der Waals surface area (Å²) in [5, 5.41) is 2.61. The first-order valence-corrected chi connectivity index (χ1v) is 9.08. The van der Waals surface area contributed by atoms with E-state index < -0.39 is 21.5 Å². The Balaban J connectivity index is 2.12. The summed E-state index contributed by atoms with van der Waals surface area (Å²) in [5.41, 5.74) is 2.55. The number of carbonyl (C=O) groups excluding carboxylic acids is 1. The van der Waals surface area contributed by atoms with Gasteiger partial charge in [0, 0.05) is 4.47 Å². The van der Waals surface area contributed by atoms with Crippen LogP contribution >= 0.6 is 15.9 Å². The van der Waals surface area contributed by atoms with Crippen LogP contribution in [0.4, 0.5) is 5.69 Å². The van der Waals surface area contributed by atoms with Crippen LogP contribution in [0.1, 0.15) is 11.1 Å². The SMILES string of the molecule is Cc1ccc(S(=O)(=O)CC(=O)Nc2ccc(C)cc2Br)cc1. The number of aryl methyl sites for hydroxylation is 2. The smallest absolute Gasteiger partial charge is 0.239 e. The minimum absolute atomic E-state index is 0.149. The molecule has 0 saturated heterocycles. The van der Waals surface area contributed by atoms with Gasteiger partial charge < -0.3 is 5.32 Å². The van der Waals surface area contributed by atoms with Crippen molar-refractivity contribution < 1.29 is 13.2 Å². The molecule has 1 amide bonds. The second kappa shape index (κ2) is 6.62. The highest BCUT2D eigenvalue weighted by molar-refractivity contribution is 9.10. The van der Waals surface area contributed by atoms with E-state index in [0.29, 0.717) is 10.2 Å². The first-order valence-electron chi connectivity index (χ1n) is 6.63. The number of hydrogen-bond acceptors (Lipinski definition) is 3. The van der Waals surface area contributed by atoms with E-state index >= 15 is 0 Å². The molecule has 0 heterocycles. The third-order valence-electron chi connectivity index (χ3n) is 3.10. The summed E-state index contributed by atoms with van der Waals surface area (Å²) >= 11 is 3.34. The average molecular weight is 382 g/mol. The van der Waals surface area contributed by atoms with E-state index in [2.05, 4.69) is 21.2 Å². The first kappa shape index (κ1) is 16.7. The fraction of sp³-hybridized carbons (Fsp3) is 0.188. The number of nitrogens with one attached hydrogen (secondary N) is 1. The van der Waals surface area contributed by atoms with Gasteiger partial charge in [0.05, 0.1) is 10.6 Å². The third kappa shape index (κ3) is 4.18. The Hall–Kier alpha value is -1.66.